The van der Waals surface area contributed by atoms with Crippen molar-refractivity contribution in [1.82, 2.24) is 14.8 Å². The second-order valence-electron chi connectivity index (χ2n) is 8.32. The number of carbonyl (C=O) groups is 1. The molecule has 0 saturated heterocycles. The van der Waals surface area contributed by atoms with E-state index in [1.165, 1.54) is 36.3 Å². The highest BCUT2D eigenvalue weighted by atomic mass is 19.4. The van der Waals surface area contributed by atoms with Crippen LogP contribution in [-0.4, -0.2) is 47.4 Å². The number of benzene rings is 1. The summed E-state index contributed by atoms with van der Waals surface area (Å²) in [6, 6.07) is 6.15. The van der Waals surface area contributed by atoms with E-state index in [9.17, 15) is 31.5 Å². The second-order valence-corrected chi connectivity index (χ2v) is 8.32. The van der Waals surface area contributed by atoms with E-state index in [4.69, 9.17) is 4.74 Å². The van der Waals surface area contributed by atoms with E-state index >= 15 is 0 Å². The molecule has 0 fully saturated rings. The van der Waals surface area contributed by atoms with E-state index in [0.29, 0.717) is 24.3 Å². The van der Waals surface area contributed by atoms with E-state index in [2.05, 4.69) is 5.32 Å². The van der Waals surface area contributed by atoms with Crippen molar-refractivity contribution in [2.75, 3.05) is 20.1 Å². The fourth-order valence-electron chi connectivity index (χ4n) is 3.69. The first-order chi connectivity index (χ1) is 15.7. The van der Waals surface area contributed by atoms with E-state index in [1.807, 2.05) is 0 Å². The number of fused-ring (bicyclic) bond motifs is 1. The van der Waals surface area contributed by atoms with E-state index in [1.54, 1.807) is 20.8 Å². The van der Waals surface area contributed by atoms with Crippen LogP contribution in [0.3, 0.4) is 0 Å². The number of ether oxygens (including phenoxy) is 1. The number of hydrogen-bond donors (Lipinski definition) is 1. The minimum atomic E-state index is -5.81. The van der Waals surface area contributed by atoms with Crippen LogP contribution in [0.4, 0.5) is 26.7 Å². The number of carbonyl (C=O) groups excluding carboxylic acids is 1. The zero-order valence-electron chi connectivity index (χ0n) is 19.0. The summed E-state index contributed by atoms with van der Waals surface area (Å²) in [4.78, 5) is 26.4. The van der Waals surface area contributed by atoms with Crippen molar-refractivity contribution < 1.29 is 31.5 Å². The molecule has 6 nitrogen and oxygen atoms in total. The molecule has 2 amide bonds. The van der Waals surface area contributed by atoms with Crippen LogP contribution < -0.4 is 15.6 Å². The lowest BCUT2D eigenvalue weighted by molar-refractivity contribution is -0.289. The number of urea groups is 1. The zero-order valence-corrected chi connectivity index (χ0v) is 19.0. The third-order valence-corrected chi connectivity index (χ3v) is 5.46. The second kappa shape index (κ2) is 8.77. The molecule has 0 atom stereocenters. The van der Waals surface area contributed by atoms with E-state index < -0.39 is 34.9 Å². The summed E-state index contributed by atoms with van der Waals surface area (Å²) in [5, 5.41) is 2.62. The lowest BCUT2D eigenvalue weighted by Crippen LogP contribution is -2.45. The molecule has 34 heavy (non-hydrogen) atoms. The highest BCUT2D eigenvalue weighted by Gasteiger charge is 2.59. The first-order valence-electron chi connectivity index (χ1n) is 10.4. The minimum absolute atomic E-state index is 0.0295. The van der Waals surface area contributed by atoms with Crippen LogP contribution >= 0.6 is 0 Å². The fourth-order valence-corrected chi connectivity index (χ4v) is 3.69. The first kappa shape index (κ1) is 25.3. The maximum absolute atomic E-state index is 14.2. The Balaban J connectivity index is 2.32. The normalized spacial score (nSPS) is 15.4. The predicted molar refractivity (Wildman–Crippen MR) is 116 cm³/mol. The number of hydrogen-bond acceptors (Lipinski definition) is 3. The van der Waals surface area contributed by atoms with Gasteiger partial charge in [-0.3, -0.25) is 9.36 Å². The van der Waals surface area contributed by atoms with Gasteiger partial charge >= 0.3 is 18.1 Å². The number of alkyl halides is 5. The van der Waals surface area contributed by atoms with Crippen molar-refractivity contribution in [3.63, 3.8) is 0 Å². The van der Waals surface area contributed by atoms with E-state index in [-0.39, 0.29) is 23.6 Å². The molecule has 2 heterocycles. The fraction of sp³-hybridized carbons (Fsp3) is 0.391. The summed E-state index contributed by atoms with van der Waals surface area (Å²) < 4.78 is 74.7. The number of halogens is 5. The molecule has 0 spiro atoms. The van der Waals surface area contributed by atoms with Crippen LogP contribution in [0, 0.1) is 0 Å². The number of rotatable bonds is 5. The third kappa shape index (κ3) is 4.51. The van der Waals surface area contributed by atoms with Crippen LogP contribution in [-0.2, 0) is 5.92 Å². The highest BCUT2D eigenvalue weighted by Crippen LogP contribution is 2.48. The number of likely N-dealkylation sites (N-methyl/N-ethyl adjacent to an activating group) is 1. The van der Waals surface area contributed by atoms with Gasteiger partial charge in [0, 0.05) is 49.1 Å². The molecule has 0 radical (unpaired) electrons. The molecule has 0 aliphatic carbocycles. The summed E-state index contributed by atoms with van der Waals surface area (Å²) in [6.07, 6.45) is -4.44. The van der Waals surface area contributed by atoms with Crippen molar-refractivity contribution in [3.8, 4) is 5.75 Å². The Morgan fingerprint density at radius 3 is 2.41 bits per heavy atom. The Kier molecular flexibility index (Phi) is 6.51. The van der Waals surface area contributed by atoms with Gasteiger partial charge in [-0.2, -0.15) is 22.0 Å². The Bertz CT molecular complexity index is 1180. The summed E-state index contributed by atoms with van der Waals surface area (Å²) >= 11 is 0. The SMILES string of the molecule is CCNC(=O)N(C)CC1=C(n2ccccc2=O)c2cc(C(F)(F)C(F)(F)F)ccc2OC1(C)C. The largest absolute Gasteiger partial charge is 0.483 e. The van der Waals surface area contributed by atoms with Crippen molar-refractivity contribution in [2.24, 2.45) is 0 Å². The molecule has 0 bridgehead atoms. The molecule has 1 aromatic carbocycles. The summed E-state index contributed by atoms with van der Waals surface area (Å²) in [5.41, 5.74) is -2.66. The van der Waals surface area contributed by atoms with Gasteiger partial charge in [-0.25, -0.2) is 4.79 Å². The minimum Gasteiger partial charge on any atom is -0.483 e. The Hall–Kier alpha value is -3.37. The van der Waals surface area contributed by atoms with Gasteiger partial charge in [0.05, 0.1) is 5.70 Å². The van der Waals surface area contributed by atoms with Crippen molar-refractivity contribution in [2.45, 2.75) is 38.5 Å². The van der Waals surface area contributed by atoms with Crippen LogP contribution in [0.1, 0.15) is 31.9 Å². The summed E-state index contributed by atoms with van der Waals surface area (Å²) in [5.74, 6) is -5.10. The molecule has 1 aliphatic heterocycles. The number of pyridine rings is 1. The maximum Gasteiger partial charge on any atom is 0.458 e. The van der Waals surface area contributed by atoms with Crippen LogP contribution in [0.2, 0.25) is 0 Å². The lowest BCUT2D eigenvalue weighted by atomic mass is 9.87. The zero-order chi connectivity index (χ0) is 25.5. The molecule has 0 unspecified atom stereocenters. The van der Waals surface area contributed by atoms with Gasteiger partial charge in [0.25, 0.3) is 5.56 Å². The van der Waals surface area contributed by atoms with Gasteiger partial charge < -0.3 is 15.0 Å². The smallest absolute Gasteiger partial charge is 0.458 e. The molecular formula is C23H24F5N3O3. The number of nitrogens with one attached hydrogen (secondary N) is 1. The van der Waals surface area contributed by atoms with Gasteiger partial charge in [0.1, 0.15) is 11.4 Å². The van der Waals surface area contributed by atoms with Crippen molar-refractivity contribution in [1.29, 1.82) is 0 Å². The number of nitrogens with zero attached hydrogens (tertiary/aromatic N) is 2. The molecule has 1 N–H and O–H groups in total. The van der Waals surface area contributed by atoms with Crippen molar-refractivity contribution in [3.05, 3.63) is 69.6 Å². The molecule has 2 aromatic rings. The monoisotopic (exact) mass is 485 g/mol. The van der Waals surface area contributed by atoms with Gasteiger partial charge in [-0.1, -0.05) is 6.07 Å². The molecule has 1 aliphatic rings. The predicted octanol–water partition coefficient (Wildman–Crippen LogP) is 4.59. The maximum atomic E-state index is 14.2. The Labute approximate surface area is 192 Å². The summed E-state index contributed by atoms with van der Waals surface area (Å²) in [7, 11) is 1.49. The molecule has 11 heteroatoms. The highest BCUT2D eigenvalue weighted by molar-refractivity contribution is 5.79. The molecule has 0 saturated carbocycles. The summed E-state index contributed by atoms with van der Waals surface area (Å²) in [6.45, 7) is 5.30. The van der Waals surface area contributed by atoms with Crippen LogP contribution in [0.5, 0.6) is 5.75 Å². The first-order valence-corrected chi connectivity index (χ1v) is 10.4. The van der Waals surface area contributed by atoms with Gasteiger partial charge in [0.2, 0.25) is 0 Å². The number of amides is 2. The third-order valence-electron chi connectivity index (χ3n) is 5.46. The van der Waals surface area contributed by atoms with Crippen LogP contribution in [0.15, 0.2) is 53.0 Å². The van der Waals surface area contributed by atoms with Gasteiger partial charge in [0.15, 0.2) is 0 Å². The topological polar surface area (TPSA) is 63.6 Å². The molecule has 184 valence electrons. The molecule has 3 rings (SSSR count). The molecule has 1 aromatic heterocycles. The Morgan fingerprint density at radius 2 is 1.82 bits per heavy atom. The van der Waals surface area contributed by atoms with E-state index in [0.717, 1.165) is 10.6 Å². The quantitative estimate of drug-likeness (QED) is 0.630. The number of aromatic nitrogens is 1. The van der Waals surface area contributed by atoms with Crippen LogP contribution in [0.25, 0.3) is 5.70 Å². The Morgan fingerprint density at radius 1 is 1.15 bits per heavy atom. The lowest BCUT2D eigenvalue weighted by Gasteiger charge is -2.39. The van der Waals surface area contributed by atoms with Crippen molar-refractivity contribution >= 4 is 11.7 Å². The average Bonchev–Trinajstić information content (AvgIpc) is 2.73. The standard InChI is InChI=1S/C23H24F5N3O3/c1-5-29-20(33)30(4)13-16-19(31-11-7-6-8-18(31)32)15-12-14(22(24,25)23(26,27)28)9-10-17(15)34-21(16,2)3/h6-12H,5,13H2,1-4H3,(H,29,33). The average molecular weight is 485 g/mol. The van der Waals surface area contributed by atoms with Gasteiger partial charge in [-0.05, 0) is 45.0 Å². The van der Waals surface area contributed by atoms with Gasteiger partial charge in [-0.15, -0.1) is 0 Å². The molecular weight excluding hydrogens is 461 g/mol.